The van der Waals surface area contributed by atoms with Crippen molar-refractivity contribution in [2.45, 2.75) is 32.5 Å². The van der Waals surface area contributed by atoms with Gasteiger partial charge in [0.15, 0.2) is 0 Å². The number of hydrogen-bond acceptors (Lipinski definition) is 4. The molecule has 0 aromatic heterocycles. The van der Waals surface area contributed by atoms with Gasteiger partial charge in [0.05, 0.1) is 31.5 Å². The van der Waals surface area contributed by atoms with E-state index in [4.69, 9.17) is 14.6 Å². The molecule has 1 fully saturated rings. The van der Waals surface area contributed by atoms with Gasteiger partial charge in [-0.3, -0.25) is 4.90 Å². The summed E-state index contributed by atoms with van der Waals surface area (Å²) in [6.07, 6.45) is 0.284. The molecule has 15 heavy (non-hydrogen) atoms. The Balaban J connectivity index is 2.23. The molecule has 0 bridgehead atoms. The smallest absolute Gasteiger partial charge is 0.0757 e. The van der Waals surface area contributed by atoms with E-state index in [0.717, 1.165) is 19.6 Å². The van der Waals surface area contributed by atoms with Crippen LogP contribution in [-0.2, 0) is 9.47 Å². The lowest BCUT2D eigenvalue weighted by Crippen LogP contribution is -2.52. The molecule has 1 unspecified atom stereocenters. The minimum atomic E-state index is -0.0609. The van der Waals surface area contributed by atoms with E-state index >= 15 is 0 Å². The number of aliphatic hydroxyl groups is 1. The molecule has 0 spiro atoms. The van der Waals surface area contributed by atoms with Gasteiger partial charge in [-0.2, -0.15) is 0 Å². The normalized spacial score (nSPS) is 26.8. The fourth-order valence-electron chi connectivity index (χ4n) is 2.12. The zero-order valence-electron chi connectivity index (χ0n) is 10.0. The zero-order chi connectivity index (χ0) is 11.3. The monoisotopic (exact) mass is 217 g/mol. The number of nitrogens with zero attached hydrogens (tertiary/aromatic N) is 1. The molecule has 0 aliphatic carbocycles. The summed E-state index contributed by atoms with van der Waals surface area (Å²) in [7, 11) is 0. The third-order valence-corrected chi connectivity index (χ3v) is 2.43. The van der Waals surface area contributed by atoms with Crippen LogP contribution in [0.5, 0.6) is 0 Å². The second kappa shape index (κ2) is 5.80. The summed E-state index contributed by atoms with van der Waals surface area (Å²) in [4.78, 5) is 2.35. The molecule has 0 aromatic rings. The fourth-order valence-corrected chi connectivity index (χ4v) is 2.12. The van der Waals surface area contributed by atoms with Crippen LogP contribution in [-0.4, -0.2) is 61.2 Å². The summed E-state index contributed by atoms with van der Waals surface area (Å²) in [5, 5.41) is 8.57. The lowest BCUT2D eigenvalue weighted by molar-refractivity contribution is -0.131. The Bertz CT molecular complexity index is 185. The van der Waals surface area contributed by atoms with E-state index in [9.17, 15) is 0 Å². The van der Waals surface area contributed by atoms with Gasteiger partial charge in [-0.25, -0.2) is 0 Å². The number of hydrogen-bond donors (Lipinski definition) is 1. The van der Waals surface area contributed by atoms with Gasteiger partial charge in [0.2, 0.25) is 0 Å². The molecule has 0 aromatic carbocycles. The molecule has 1 aliphatic heterocycles. The van der Waals surface area contributed by atoms with Crippen molar-refractivity contribution < 1.29 is 14.6 Å². The SMILES string of the molecule is CC1CN(CCOCCO)CC(C)(C)O1. The van der Waals surface area contributed by atoms with Crippen molar-refractivity contribution in [1.29, 1.82) is 0 Å². The Hall–Kier alpha value is -0.160. The van der Waals surface area contributed by atoms with Crippen molar-refractivity contribution in [1.82, 2.24) is 4.90 Å². The Morgan fingerprint density at radius 3 is 2.80 bits per heavy atom. The maximum absolute atomic E-state index is 8.57. The highest BCUT2D eigenvalue weighted by Crippen LogP contribution is 2.20. The number of rotatable bonds is 5. The summed E-state index contributed by atoms with van der Waals surface area (Å²) in [5.74, 6) is 0. The topological polar surface area (TPSA) is 41.9 Å². The summed E-state index contributed by atoms with van der Waals surface area (Å²) in [5.41, 5.74) is -0.0609. The second-order valence-corrected chi connectivity index (χ2v) is 4.76. The lowest BCUT2D eigenvalue weighted by Gasteiger charge is -2.41. The van der Waals surface area contributed by atoms with Crippen LogP contribution in [0.25, 0.3) is 0 Å². The first kappa shape index (κ1) is 12.9. The van der Waals surface area contributed by atoms with Gasteiger partial charge < -0.3 is 14.6 Å². The van der Waals surface area contributed by atoms with Gasteiger partial charge in [-0.1, -0.05) is 0 Å². The largest absolute Gasteiger partial charge is 0.394 e. The highest BCUT2D eigenvalue weighted by molar-refractivity contribution is 4.82. The molecule has 4 nitrogen and oxygen atoms in total. The maximum Gasteiger partial charge on any atom is 0.0757 e. The lowest BCUT2D eigenvalue weighted by atomic mass is 10.1. The first-order chi connectivity index (χ1) is 7.03. The number of ether oxygens (including phenoxy) is 2. The first-order valence-electron chi connectivity index (χ1n) is 5.62. The highest BCUT2D eigenvalue weighted by atomic mass is 16.5. The van der Waals surface area contributed by atoms with Crippen LogP contribution >= 0.6 is 0 Å². The van der Waals surface area contributed by atoms with Crippen LogP contribution in [0.1, 0.15) is 20.8 Å². The molecular weight excluding hydrogens is 194 g/mol. The summed E-state index contributed by atoms with van der Waals surface area (Å²) < 4.78 is 11.1. The minimum absolute atomic E-state index is 0.0609. The molecule has 1 heterocycles. The molecule has 0 saturated carbocycles. The summed E-state index contributed by atoms with van der Waals surface area (Å²) in [6.45, 7) is 10.4. The molecule has 1 rings (SSSR count). The average molecular weight is 217 g/mol. The van der Waals surface area contributed by atoms with Gasteiger partial charge in [0, 0.05) is 19.6 Å². The van der Waals surface area contributed by atoms with E-state index in [0.29, 0.717) is 13.2 Å². The number of morpholine rings is 1. The molecule has 1 aliphatic rings. The average Bonchev–Trinajstić information content (AvgIpc) is 2.09. The van der Waals surface area contributed by atoms with E-state index < -0.39 is 0 Å². The molecule has 4 heteroatoms. The van der Waals surface area contributed by atoms with E-state index in [2.05, 4.69) is 25.7 Å². The minimum Gasteiger partial charge on any atom is -0.394 e. The van der Waals surface area contributed by atoms with Crippen LogP contribution in [0.2, 0.25) is 0 Å². The summed E-state index contributed by atoms with van der Waals surface area (Å²) in [6, 6.07) is 0. The summed E-state index contributed by atoms with van der Waals surface area (Å²) >= 11 is 0. The standard InChI is InChI=1S/C11H23NO3/c1-10-8-12(4-6-14-7-5-13)9-11(2,3)15-10/h10,13H,4-9H2,1-3H3. The van der Waals surface area contributed by atoms with Crippen molar-refractivity contribution in [2.24, 2.45) is 0 Å². The van der Waals surface area contributed by atoms with Crippen LogP contribution in [0, 0.1) is 0 Å². The van der Waals surface area contributed by atoms with Crippen LogP contribution in [0.3, 0.4) is 0 Å². The van der Waals surface area contributed by atoms with E-state index in [1.807, 2.05) is 0 Å². The third-order valence-electron chi connectivity index (χ3n) is 2.43. The van der Waals surface area contributed by atoms with Crippen molar-refractivity contribution in [3.8, 4) is 0 Å². The van der Waals surface area contributed by atoms with E-state index in [1.165, 1.54) is 0 Å². The van der Waals surface area contributed by atoms with Gasteiger partial charge in [-0.05, 0) is 20.8 Å². The van der Waals surface area contributed by atoms with Crippen molar-refractivity contribution in [2.75, 3.05) is 39.5 Å². The van der Waals surface area contributed by atoms with Gasteiger partial charge >= 0.3 is 0 Å². The molecule has 0 radical (unpaired) electrons. The van der Waals surface area contributed by atoms with Crippen LogP contribution in [0.15, 0.2) is 0 Å². The Kier molecular flexibility index (Phi) is 4.99. The quantitative estimate of drug-likeness (QED) is 0.681. The Labute approximate surface area is 92.2 Å². The third kappa shape index (κ3) is 4.93. The van der Waals surface area contributed by atoms with Crippen LogP contribution in [0.4, 0.5) is 0 Å². The molecule has 0 amide bonds. The molecule has 90 valence electrons. The van der Waals surface area contributed by atoms with Crippen molar-refractivity contribution in [3.63, 3.8) is 0 Å². The number of aliphatic hydroxyl groups excluding tert-OH is 1. The second-order valence-electron chi connectivity index (χ2n) is 4.76. The Morgan fingerprint density at radius 2 is 2.20 bits per heavy atom. The van der Waals surface area contributed by atoms with Crippen molar-refractivity contribution >= 4 is 0 Å². The van der Waals surface area contributed by atoms with E-state index in [-0.39, 0.29) is 18.3 Å². The van der Waals surface area contributed by atoms with Gasteiger partial charge in [-0.15, -0.1) is 0 Å². The van der Waals surface area contributed by atoms with Crippen LogP contribution < -0.4 is 0 Å². The fraction of sp³-hybridized carbons (Fsp3) is 1.00. The molecular formula is C11H23NO3. The van der Waals surface area contributed by atoms with Crippen molar-refractivity contribution in [3.05, 3.63) is 0 Å². The molecule has 1 saturated heterocycles. The Morgan fingerprint density at radius 1 is 1.47 bits per heavy atom. The molecule has 1 N–H and O–H groups in total. The highest BCUT2D eigenvalue weighted by Gasteiger charge is 2.30. The predicted molar refractivity (Wildman–Crippen MR) is 59.0 cm³/mol. The van der Waals surface area contributed by atoms with Gasteiger partial charge in [0.25, 0.3) is 0 Å². The maximum atomic E-state index is 8.57. The zero-order valence-corrected chi connectivity index (χ0v) is 10.0. The predicted octanol–water partition coefficient (Wildman–Crippen LogP) is 0.495. The van der Waals surface area contributed by atoms with E-state index in [1.54, 1.807) is 0 Å². The van der Waals surface area contributed by atoms with Gasteiger partial charge in [0.1, 0.15) is 0 Å². The molecule has 1 atom stereocenters. The first-order valence-corrected chi connectivity index (χ1v) is 5.62.